The number of pyridine rings is 1. The highest BCUT2D eigenvalue weighted by Crippen LogP contribution is 2.36. The number of sulfonamides is 1. The van der Waals surface area contributed by atoms with Crippen LogP contribution in [0.4, 0.5) is 0 Å². The van der Waals surface area contributed by atoms with Crippen molar-refractivity contribution in [3.8, 4) is 11.4 Å². The highest BCUT2D eigenvalue weighted by atomic mass is 35.5. The van der Waals surface area contributed by atoms with Gasteiger partial charge in [-0.1, -0.05) is 35.3 Å². The van der Waals surface area contributed by atoms with E-state index in [-0.39, 0.29) is 29.0 Å². The quantitative estimate of drug-likeness (QED) is 0.341. The summed E-state index contributed by atoms with van der Waals surface area (Å²) in [6, 6.07) is 12.4. The molecule has 1 aliphatic rings. The molecule has 0 aliphatic carbocycles. The van der Waals surface area contributed by atoms with Gasteiger partial charge in [-0.05, 0) is 56.0 Å². The minimum Gasteiger partial charge on any atom is -0.487 e. The summed E-state index contributed by atoms with van der Waals surface area (Å²) in [4.78, 5) is 4.67. The number of aromatic nitrogens is 3. The van der Waals surface area contributed by atoms with Crippen LogP contribution < -0.4 is 4.74 Å². The Hall–Kier alpha value is -2.69. The normalized spacial score (nSPS) is 15.4. The second-order valence-corrected chi connectivity index (χ2v) is 11.7. The third-order valence-electron chi connectivity index (χ3n) is 6.63. The molecule has 0 spiro atoms. The van der Waals surface area contributed by atoms with Gasteiger partial charge in [0.1, 0.15) is 22.8 Å². The summed E-state index contributed by atoms with van der Waals surface area (Å²) in [7, 11) is -3.83. The molecule has 11 heteroatoms. The molecular formula is C26H26Cl2N4O4S. The van der Waals surface area contributed by atoms with Crippen LogP contribution in [0.15, 0.2) is 59.8 Å². The van der Waals surface area contributed by atoms with Crippen LogP contribution in [0.2, 0.25) is 10.0 Å². The summed E-state index contributed by atoms with van der Waals surface area (Å²) in [6.07, 6.45) is 4.78. The van der Waals surface area contributed by atoms with Crippen LogP contribution in [0.25, 0.3) is 16.6 Å². The van der Waals surface area contributed by atoms with Gasteiger partial charge < -0.3 is 9.84 Å². The lowest BCUT2D eigenvalue weighted by molar-refractivity contribution is 0.170. The van der Waals surface area contributed by atoms with Gasteiger partial charge in [0, 0.05) is 53.8 Å². The Labute approximate surface area is 225 Å². The largest absolute Gasteiger partial charge is 0.487 e. The number of hydrogen-bond acceptors (Lipinski definition) is 6. The van der Waals surface area contributed by atoms with E-state index in [0.29, 0.717) is 47.8 Å². The van der Waals surface area contributed by atoms with Crippen molar-refractivity contribution in [2.24, 2.45) is 5.92 Å². The Kier molecular flexibility index (Phi) is 7.42. The van der Waals surface area contributed by atoms with E-state index in [1.165, 1.54) is 16.4 Å². The maximum Gasteiger partial charge on any atom is 0.244 e. The number of piperidine rings is 1. The summed E-state index contributed by atoms with van der Waals surface area (Å²) in [5.41, 5.74) is 2.69. The van der Waals surface area contributed by atoms with Gasteiger partial charge in [-0.3, -0.25) is 0 Å². The molecule has 0 unspecified atom stereocenters. The number of nitrogens with zero attached hydrogens (tertiary/aromatic N) is 4. The Morgan fingerprint density at radius 1 is 1.14 bits per heavy atom. The van der Waals surface area contributed by atoms with Crippen LogP contribution in [-0.4, -0.2) is 52.3 Å². The number of ether oxygens (including phenoxy) is 1. The van der Waals surface area contributed by atoms with Crippen LogP contribution in [-0.2, 0) is 16.6 Å². The minimum absolute atomic E-state index is 0.00697. The van der Waals surface area contributed by atoms with E-state index in [9.17, 15) is 13.5 Å². The first-order valence-electron chi connectivity index (χ1n) is 11.9. The summed E-state index contributed by atoms with van der Waals surface area (Å²) < 4.78 is 36.1. The average Bonchev–Trinajstić information content (AvgIpc) is 3.43. The zero-order chi connectivity index (χ0) is 26.2. The lowest BCUT2D eigenvalue weighted by atomic mass is 10.00. The SMILES string of the molecule is Cc1cc(-n2cccn2)c2cccc(OCc3c(Cl)ccc(S(=O)(=O)N4CCC(CO)CC4)c3Cl)c2n1. The Bertz CT molecular complexity index is 1540. The van der Waals surface area contributed by atoms with Crippen LogP contribution in [0.5, 0.6) is 5.75 Å². The average molecular weight is 561 g/mol. The van der Waals surface area contributed by atoms with Crippen LogP contribution >= 0.6 is 23.2 Å². The van der Waals surface area contributed by atoms with Gasteiger partial charge in [-0.2, -0.15) is 9.40 Å². The lowest BCUT2D eigenvalue weighted by Gasteiger charge is -2.30. The standard InChI is InChI=1S/C26H26Cl2N4O4S/c1-17-14-22(32-11-3-10-29-32)19-4-2-5-23(26(19)30-17)36-16-20-21(27)6-7-24(25(20)28)37(34,35)31-12-8-18(15-33)9-13-31/h2-7,10-11,14,18,33H,8-9,12-13,15-16H2,1H3. The van der Waals surface area contributed by atoms with Crippen molar-refractivity contribution < 1.29 is 18.3 Å². The predicted octanol–water partition coefficient (Wildman–Crippen LogP) is 5.01. The minimum atomic E-state index is -3.83. The number of aliphatic hydroxyl groups is 1. The fourth-order valence-corrected chi connectivity index (χ4v) is 6.91. The number of fused-ring (bicyclic) bond motifs is 1. The summed E-state index contributed by atoms with van der Waals surface area (Å²) in [5.74, 6) is 0.629. The van der Waals surface area contributed by atoms with E-state index >= 15 is 0 Å². The van der Waals surface area contributed by atoms with Crippen LogP contribution in [0.1, 0.15) is 24.1 Å². The van der Waals surface area contributed by atoms with Crippen molar-refractivity contribution in [2.45, 2.75) is 31.3 Å². The number of aliphatic hydroxyl groups excluding tert-OH is 1. The molecule has 0 bridgehead atoms. The third-order valence-corrected chi connectivity index (χ3v) is 9.47. The van der Waals surface area contributed by atoms with Crippen molar-refractivity contribution in [2.75, 3.05) is 19.7 Å². The fourth-order valence-electron chi connectivity index (χ4n) is 4.57. The number of aryl methyl sites for hydroxylation is 1. The van der Waals surface area contributed by atoms with Crippen molar-refractivity contribution in [1.29, 1.82) is 0 Å². The molecule has 1 fully saturated rings. The fraction of sp³-hybridized carbons (Fsp3) is 0.308. The van der Waals surface area contributed by atoms with Crippen molar-refractivity contribution >= 4 is 44.1 Å². The van der Waals surface area contributed by atoms with Gasteiger partial charge in [0.15, 0.2) is 0 Å². The van der Waals surface area contributed by atoms with E-state index in [1.807, 2.05) is 37.4 Å². The highest BCUT2D eigenvalue weighted by molar-refractivity contribution is 7.89. The number of para-hydroxylation sites is 1. The molecule has 0 saturated carbocycles. The molecule has 4 aromatic rings. The zero-order valence-electron chi connectivity index (χ0n) is 20.1. The van der Waals surface area contributed by atoms with Gasteiger partial charge in [0.25, 0.3) is 0 Å². The van der Waals surface area contributed by atoms with E-state index in [0.717, 1.165) is 16.8 Å². The molecule has 37 heavy (non-hydrogen) atoms. The summed E-state index contributed by atoms with van der Waals surface area (Å²) >= 11 is 13.1. The second kappa shape index (κ2) is 10.6. The van der Waals surface area contributed by atoms with Crippen molar-refractivity contribution in [3.05, 3.63) is 76.2 Å². The van der Waals surface area contributed by atoms with Gasteiger partial charge in [-0.15, -0.1) is 0 Å². The summed E-state index contributed by atoms with van der Waals surface area (Å²) in [5, 5.41) is 14.9. The smallest absolute Gasteiger partial charge is 0.244 e. The molecule has 1 N–H and O–H groups in total. The second-order valence-electron chi connectivity index (χ2n) is 9.04. The van der Waals surface area contributed by atoms with E-state index in [1.54, 1.807) is 16.9 Å². The molecule has 0 amide bonds. The summed E-state index contributed by atoms with van der Waals surface area (Å²) in [6.45, 7) is 2.58. The zero-order valence-corrected chi connectivity index (χ0v) is 22.5. The molecule has 0 radical (unpaired) electrons. The van der Waals surface area contributed by atoms with E-state index in [2.05, 4.69) is 10.1 Å². The van der Waals surface area contributed by atoms with Crippen LogP contribution in [0, 0.1) is 12.8 Å². The number of benzene rings is 2. The molecule has 0 atom stereocenters. The Morgan fingerprint density at radius 3 is 2.62 bits per heavy atom. The Balaban J connectivity index is 1.45. The molecule has 2 aromatic carbocycles. The first kappa shape index (κ1) is 25.9. The van der Waals surface area contributed by atoms with E-state index in [4.69, 9.17) is 27.9 Å². The third kappa shape index (κ3) is 5.06. The molecular weight excluding hydrogens is 535 g/mol. The number of halogens is 2. The monoisotopic (exact) mass is 560 g/mol. The molecule has 1 saturated heterocycles. The molecule has 194 valence electrons. The maximum absolute atomic E-state index is 13.4. The molecule has 8 nitrogen and oxygen atoms in total. The van der Waals surface area contributed by atoms with Crippen molar-refractivity contribution in [1.82, 2.24) is 19.1 Å². The van der Waals surface area contributed by atoms with E-state index < -0.39 is 10.0 Å². The van der Waals surface area contributed by atoms with Gasteiger partial charge >= 0.3 is 0 Å². The van der Waals surface area contributed by atoms with Gasteiger partial charge in [0.2, 0.25) is 10.0 Å². The molecule has 1 aliphatic heterocycles. The molecule has 5 rings (SSSR count). The number of rotatable bonds is 7. The highest BCUT2D eigenvalue weighted by Gasteiger charge is 2.32. The molecule has 2 aromatic heterocycles. The first-order valence-corrected chi connectivity index (χ1v) is 14.1. The predicted molar refractivity (Wildman–Crippen MR) is 143 cm³/mol. The first-order chi connectivity index (χ1) is 17.8. The van der Waals surface area contributed by atoms with Gasteiger partial charge in [-0.25, -0.2) is 18.1 Å². The molecule has 3 heterocycles. The van der Waals surface area contributed by atoms with Gasteiger partial charge in [0.05, 0.1) is 10.7 Å². The van der Waals surface area contributed by atoms with Crippen LogP contribution in [0.3, 0.4) is 0 Å². The number of hydrogen-bond donors (Lipinski definition) is 1. The maximum atomic E-state index is 13.4. The Morgan fingerprint density at radius 2 is 1.92 bits per heavy atom. The van der Waals surface area contributed by atoms with Crippen molar-refractivity contribution in [3.63, 3.8) is 0 Å². The lowest BCUT2D eigenvalue weighted by Crippen LogP contribution is -2.39. The topological polar surface area (TPSA) is 97.6 Å².